The number of esters is 3. The van der Waals surface area contributed by atoms with Crippen LogP contribution >= 0.6 is 0 Å². The Hall–Kier alpha value is -2.41. The Morgan fingerprint density at radius 3 is 2.35 bits per heavy atom. The summed E-state index contributed by atoms with van der Waals surface area (Å²) in [7, 11) is -3.90. The topological polar surface area (TPSA) is 122 Å². The monoisotopic (exact) mass is 550 g/mol. The number of hydrogen-bond donors (Lipinski definition) is 0. The van der Waals surface area contributed by atoms with Crippen LogP contribution in [0.25, 0.3) is 0 Å². The van der Waals surface area contributed by atoms with Crippen LogP contribution in [-0.4, -0.2) is 57.8 Å². The highest BCUT2D eigenvalue weighted by Crippen LogP contribution is 2.74. The minimum Gasteiger partial charge on any atom is -0.469 e. The Bertz CT molecular complexity index is 1190. The van der Waals surface area contributed by atoms with E-state index in [4.69, 9.17) is 14.2 Å². The lowest BCUT2D eigenvalue weighted by Gasteiger charge is -2.45. The van der Waals surface area contributed by atoms with E-state index in [0.717, 1.165) is 14.2 Å². The van der Waals surface area contributed by atoms with Gasteiger partial charge in [-0.3, -0.25) is 18.6 Å². The maximum Gasteiger partial charge on any atom is 0.523 e. The number of fused-ring (bicyclic) bond motifs is 3. The summed E-state index contributed by atoms with van der Waals surface area (Å²) >= 11 is 0. The van der Waals surface area contributed by atoms with Crippen molar-refractivity contribution in [2.45, 2.75) is 63.2 Å². The van der Waals surface area contributed by atoms with E-state index in [1.54, 1.807) is 6.08 Å². The maximum absolute atomic E-state index is 13.4. The van der Waals surface area contributed by atoms with E-state index in [-0.39, 0.29) is 25.2 Å². The van der Waals surface area contributed by atoms with Gasteiger partial charge in [-0.05, 0) is 55.9 Å². The molecular formula is C24H29F3O9S. The average Bonchev–Trinajstić information content (AvgIpc) is 3.19. The maximum atomic E-state index is 13.4. The predicted molar refractivity (Wildman–Crippen MR) is 120 cm³/mol. The molecule has 206 valence electrons. The van der Waals surface area contributed by atoms with Crippen LogP contribution < -0.4 is 0 Å². The third-order valence-corrected chi connectivity index (χ3v) is 9.93. The summed E-state index contributed by atoms with van der Waals surface area (Å²) in [5.74, 6) is -4.75. The van der Waals surface area contributed by atoms with Gasteiger partial charge >= 0.3 is 33.5 Å². The van der Waals surface area contributed by atoms with Gasteiger partial charge in [-0.2, -0.15) is 21.6 Å². The normalized spacial score (nSPS) is 38.8. The van der Waals surface area contributed by atoms with Crippen LogP contribution in [-0.2, 0) is 42.9 Å². The number of carbonyl (C=O) groups is 3. The van der Waals surface area contributed by atoms with Crippen molar-refractivity contribution in [3.8, 4) is 0 Å². The van der Waals surface area contributed by atoms with Crippen LogP contribution in [0, 0.1) is 28.6 Å². The molecule has 7 atom stereocenters. The summed E-state index contributed by atoms with van der Waals surface area (Å²) in [6, 6.07) is 0. The molecule has 1 spiro atoms. The van der Waals surface area contributed by atoms with E-state index < -0.39 is 67.9 Å². The van der Waals surface area contributed by atoms with E-state index in [9.17, 15) is 36.0 Å². The second kappa shape index (κ2) is 8.55. The molecule has 2 bridgehead atoms. The number of alkyl halides is 3. The second-order valence-electron chi connectivity index (χ2n) is 10.5. The fourth-order valence-electron chi connectivity index (χ4n) is 7.54. The van der Waals surface area contributed by atoms with Gasteiger partial charge in [0.2, 0.25) is 0 Å². The molecule has 4 rings (SSSR count). The first-order valence-electron chi connectivity index (χ1n) is 11.7. The van der Waals surface area contributed by atoms with Crippen molar-refractivity contribution in [3.05, 3.63) is 23.8 Å². The van der Waals surface area contributed by atoms with Crippen LogP contribution in [0.4, 0.5) is 13.2 Å². The molecule has 4 aliphatic carbocycles. The largest absolute Gasteiger partial charge is 0.523 e. The molecule has 9 nitrogen and oxygen atoms in total. The molecule has 0 amide bonds. The molecule has 2 unspecified atom stereocenters. The van der Waals surface area contributed by atoms with Gasteiger partial charge < -0.3 is 14.2 Å². The fourth-order valence-corrected chi connectivity index (χ4v) is 8.23. The molecule has 0 N–H and O–H groups in total. The third kappa shape index (κ3) is 3.75. The first-order valence-corrected chi connectivity index (χ1v) is 13.1. The molecular weight excluding hydrogens is 521 g/mol. The predicted octanol–water partition coefficient (Wildman–Crippen LogP) is 3.20. The van der Waals surface area contributed by atoms with Crippen LogP contribution in [0.15, 0.2) is 23.8 Å². The minimum absolute atomic E-state index is 0.209. The Balaban J connectivity index is 1.89. The second-order valence-corrected chi connectivity index (χ2v) is 12.1. The van der Waals surface area contributed by atoms with Crippen LogP contribution in [0.3, 0.4) is 0 Å². The molecule has 4 aliphatic rings. The quantitative estimate of drug-likeness (QED) is 0.167. The van der Waals surface area contributed by atoms with Gasteiger partial charge in [0.1, 0.15) is 11.0 Å². The van der Waals surface area contributed by atoms with E-state index in [2.05, 4.69) is 10.8 Å². The van der Waals surface area contributed by atoms with E-state index in [0.29, 0.717) is 24.0 Å². The highest BCUT2D eigenvalue weighted by Gasteiger charge is 2.75. The minimum atomic E-state index is -6.08. The van der Waals surface area contributed by atoms with Gasteiger partial charge in [-0.1, -0.05) is 18.2 Å². The SMILES string of the molecule is C=C1C[C@]23C[C@@]1(OC(C)=O)CCC2C1=CC[C@@H](OS(=O)(=O)C(F)(F)F)[C@@](C)(C(=O)OC)C1[C@@H]3C(=O)OC. The zero-order valence-corrected chi connectivity index (χ0v) is 21.7. The van der Waals surface area contributed by atoms with Gasteiger partial charge in [-0.25, -0.2) is 0 Å². The van der Waals surface area contributed by atoms with Gasteiger partial charge in [0.25, 0.3) is 0 Å². The number of carbonyl (C=O) groups excluding carboxylic acids is 3. The zero-order chi connectivity index (χ0) is 27.8. The number of ether oxygens (including phenoxy) is 3. The summed E-state index contributed by atoms with van der Waals surface area (Å²) < 4.78 is 84.1. The van der Waals surface area contributed by atoms with E-state index in [1.165, 1.54) is 13.8 Å². The summed E-state index contributed by atoms with van der Waals surface area (Å²) in [5.41, 5.74) is -8.41. The number of hydrogen-bond acceptors (Lipinski definition) is 9. The Kier molecular flexibility index (Phi) is 6.38. The molecule has 13 heteroatoms. The van der Waals surface area contributed by atoms with Crippen molar-refractivity contribution >= 4 is 28.0 Å². The first kappa shape index (κ1) is 27.6. The molecule has 0 aromatic rings. The fraction of sp³-hybridized carbons (Fsp3) is 0.708. The van der Waals surface area contributed by atoms with Crippen LogP contribution in [0.2, 0.25) is 0 Å². The van der Waals surface area contributed by atoms with Gasteiger partial charge in [0.05, 0.1) is 26.2 Å². The molecule has 3 saturated carbocycles. The van der Waals surface area contributed by atoms with Gasteiger partial charge in [0.15, 0.2) is 0 Å². The molecule has 37 heavy (non-hydrogen) atoms. The number of allylic oxidation sites excluding steroid dienone is 1. The third-order valence-electron chi connectivity index (χ3n) is 8.87. The van der Waals surface area contributed by atoms with Gasteiger partial charge in [-0.15, -0.1) is 0 Å². The van der Waals surface area contributed by atoms with E-state index in [1.807, 2.05) is 0 Å². The molecule has 0 saturated heterocycles. The van der Waals surface area contributed by atoms with Crippen LogP contribution in [0.1, 0.15) is 46.0 Å². The Morgan fingerprint density at radius 1 is 1.16 bits per heavy atom. The Morgan fingerprint density at radius 2 is 1.81 bits per heavy atom. The van der Waals surface area contributed by atoms with E-state index >= 15 is 0 Å². The smallest absolute Gasteiger partial charge is 0.469 e. The average molecular weight is 551 g/mol. The van der Waals surface area contributed by atoms with Crippen molar-refractivity contribution in [2.75, 3.05) is 14.2 Å². The molecule has 3 fully saturated rings. The molecule has 0 radical (unpaired) electrons. The van der Waals surface area contributed by atoms with Crippen molar-refractivity contribution in [1.82, 2.24) is 0 Å². The Labute approximate surface area is 212 Å². The number of methoxy groups -OCH3 is 2. The highest BCUT2D eigenvalue weighted by molar-refractivity contribution is 7.87. The van der Waals surface area contributed by atoms with Crippen molar-refractivity contribution in [2.24, 2.45) is 28.6 Å². The molecule has 0 aromatic heterocycles. The number of rotatable bonds is 5. The molecule has 0 heterocycles. The summed E-state index contributed by atoms with van der Waals surface area (Å²) in [6.45, 7) is 6.66. The van der Waals surface area contributed by atoms with Gasteiger partial charge in [0, 0.05) is 12.8 Å². The summed E-state index contributed by atoms with van der Waals surface area (Å²) in [6.07, 6.45) is 0.762. The zero-order valence-electron chi connectivity index (χ0n) is 20.8. The van der Waals surface area contributed by atoms with Crippen molar-refractivity contribution in [1.29, 1.82) is 0 Å². The molecule has 0 aromatic carbocycles. The molecule has 0 aliphatic heterocycles. The van der Waals surface area contributed by atoms with Crippen LogP contribution in [0.5, 0.6) is 0 Å². The standard InChI is InChI=1S/C24H29F3O9S/c1-12-10-22-11-23(12,35-13(2)28)9-8-15(22)14-6-7-16(36-37(31,32)24(25,26)27)21(3,20(30)34-5)17(14)18(22)19(29)33-4/h6,15-18H,1,7-11H2,2-5H3/t15?,16-,17?,18-,21-,22+,23+/m1/s1. The highest BCUT2D eigenvalue weighted by atomic mass is 32.2. The van der Waals surface area contributed by atoms with Crippen molar-refractivity contribution < 1.29 is 54.4 Å². The lowest BCUT2D eigenvalue weighted by molar-refractivity contribution is -0.171. The lowest BCUT2D eigenvalue weighted by atomic mass is 9.60. The lowest BCUT2D eigenvalue weighted by Crippen LogP contribution is -2.54. The summed E-state index contributed by atoms with van der Waals surface area (Å²) in [5, 5.41) is 0. The first-order chi connectivity index (χ1) is 17.0. The number of halogens is 3. The van der Waals surface area contributed by atoms with Crippen molar-refractivity contribution in [3.63, 3.8) is 0 Å². The summed E-state index contributed by atoms with van der Waals surface area (Å²) in [4.78, 5) is 38.6.